The van der Waals surface area contributed by atoms with Crippen LogP contribution in [0.3, 0.4) is 0 Å². The predicted molar refractivity (Wildman–Crippen MR) is 85.7 cm³/mol. The molecule has 0 aliphatic rings. The Balaban J connectivity index is 1.71. The fourth-order valence-corrected chi connectivity index (χ4v) is 2.18. The smallest absolute Gasteiger partial charge is 0.269 e. The first-order valence-corrected chi connectivity index (χ1v) is 7.16. The van der Waals surface area contributed by atoms with Crippen LogP contribution in [0.15, 0.2) is 48.5 Å². The number of nitrogens with zero attached hydrogens (tertiary/aromatic N) is 2. The molecule has 0 amide bonds. The predicted octanol–water partition coefficient (Wildman–Crippen LogP) is 3.90. The molecule has 2 aromatic carbocycles. The molecule has 0 fully saturated rings. The number of rotatable bonds is 7. The first-order chi connectivity index (χ1) is 10.7. The van der Waals surface area contributed by atoms with E-state index in [4.69, 9.17) is 5.26 Å². The summed E-state index contributed by atoms with van der Waals surface area (Å²) >= 11 is 0. The number of non-ortho nitro benzene ring substituents is 1. The van der Waals surface area contributed by atoms with Crippen molar-refractivity contribution in [1.82, 2.24) is 0 Å². The average Bonchev–Trinajstić information content (AvgIpc) is 2.55. The van der Waals surface area contributed by atoms with Gasteiger partial charge in [0, 0.05) is 24.4 Å². The second-order valence-electron chi connectivity index (χ2n) is 5.00. The Bertz CT molecular complexity index is 675. The average molecular weight is 295 g/mol. The summed E-state index contributed by atoms with van der Waals surface area (Å²) in [5, 5.41) is 22.7. The summed E-state index contributed by atoms with van der Waals surface area (Å²) in [4.78, 5) is 10.2. The maximum Gasteiger partial charge on any atom is 0.269 e. The zero-order chi connectivity index (χ0) is 15.8. The van der Waals surface area contributed by atoms with Gasteiger partial charge in [0.05, 0.1) is 16.6 Å². The van der Waals surface area contributed by atoms with Crippen molar-refractivity contribution in [2.24, 2.45) is 0 Å². The third-order valence-electron chi connectivity index (χ3n) is 3.36. The summed E-state index contributed by atoms with van der Waals surface area (Å²) in [6, 6.07) is 16.2. The van der Waals surface area contributed by atoms with Gasteiger partial charge in [-0.25, -0.2) is 0 Å². The van der Waals surface area contributed by atoms with Crippen molar-refractivity contribution in [3.8, 4) is 6.07 Å². The Kier molecular flexibility index (Phi) is 5.50. The summed E-state index contributed by atoms with van der Waals surface area (Å²) in [6.45, 7) is 0.815. The lowest BCUT2D eigenvalue weighted by atomic mass is 10.1. The van der Waals surface area contributed by atoms with Crippen LogP contribution in [0.25, 0.3) is 0 Å². The second kappa shape index (κ2) is 7.79. The quantitative estimate of drug-likeness (QED) is 0.477. The fraction of sp³-hybridized carbons (Fsp3) is 0.235. The van der Waals surface area contributed by atoms with Crippen LogP contribution in [0.2, 0.25) is 0 Å². The van der Waals surface area contributed by atoms with E-state index in [0.717, 1.165) is 31.5 Å². The Labute approximate surface area is 129 Å². The number of nitriles is 1. The minimum Gasteiger partial charge on any atom is -0.385 e. The molecule has 0 aromatic heterocycles. The minimum absolute atomic E-state index is 0.0999. The van der Waals surface area contributed by atoms with Crippen LogP contribution in [0, 0.1) is 21.4 Å². The third-order valence-corrected chi connectivity index (χ3v) is 3.36. The minimum atomic E-state index is -0.404. The van der Waals surface area contributed by atoms with Crippen molar-refractivity contribution < 1.29 is 4.92 Å². The van der Waals surface area contributed by atoms with Gasteiger partial charge in [-0.1, -0.05) is 12.1 Å². The molecular formula is C17H17N3O2. The molecule has 0 radical (unpaired) electrons. The van der Waals surface area contributed by atoms with E-state index in [1.54, 1.807) is 18.2 Å². The van der Waals surface area contributed by atoms with E-state index in [0.29, 0.717) is 5.56 Å². The van der Waals surface area contributed by atoms with Crippen LogP contribution in [-0.4, -0.2) is 11.5 Å². The van der Waals surface area contributed by atoms with Gasteiger partial charge in [-0.05, 0) is 49.1 Å². The molecule has 2 rings (SSSR count). The van der Waals surface area contributed by atoms with E-state index in [-0.39, 0.29) is 5.69 Å². The molecule has 0 heterocycles. The van der Waals surface area contributed by atoms with Crippen molar-refractivity contribution in [2.75, 3.05) is 11.9 Å². The van der Waals surface area contributed by atoms with Gasteiger partial charge in [0.1, 0.15) is 0 Å². The van der Waals surface area contributed by atoms with E-state index in [1.165, 1.54) is 17.7 Å². The Morgan fingerprint density at radius 1 is 1.14 bits per heavy atom. The standard InChI is InChI=1S/C17H17N3O2/c18-13-15-6-3-5-14(12-15)4-1-2-11-19-16-7-9-17(10-8-16)20(21)22/h3,5-10,12,19H,1-2,4,11H2. The van der Waals surface area contributed by atoms with Gasteiger partial charge in [-0.15, -0.1) is 0 Å². The number of anilines is 1. The molecular weight excluding hydrogens is 278 g/mol. The van der Waals surface area contributed by atoms with Crippen LogP contribution in [-0.2, 0) is 6.42 Å². The van der Waals surface area contributed by atoms with Crippen molar-refractivity contribution in [2.45, 2.75) is 19.3 Å². The van der Waals surface area contributed by atoms with E-state index in [2.05, 4.69) is 11.4 Å². The largest absolute Gasteiger partial charge is 0.385 e. The number of nitro groups is 1. The van der Waals surface area contributed by atoms with Gasteiger partial charge < -0.3 is 5.32 Å². The maximum absolute atomic E-state index is 10.6. The van der Waals surface area contributed by atoms with Crippen LogP contribution in [0.5, 0.6) is 0 Å². The van der Waals surface area contributed by atoms with Gasteiger partial charge in [0.15, 0.2) is 0 Å². The Morgan fingerprint density at radius 3 is 2.59 bits per heavy atom. The summed E-state index contributed by atoms with van der Waals surface area (Å²) < 4.78 is 0. The number of unbranched alkanes of at least 4 members (excludes halogenated alkanes) is 1. The van der Waals surface area contributed by atoms with Gasteiger partial charge >= 0.3 is 0 Å². The fourth-order valence-electron chi connectivity index (χ4n) is 2.18. The highest BCUT2D eigenvalue weighted by Crippen LogP contribution is 2.15. The van der Waals surface area contributed by atoms with Crippen LogP contribution in [0.4, 0.5) is 11.4 Å². The molecule has 0 saturated carbocycles. The van der Waals surface area contributed by atoms with Crippen molar-refractivity contribution >= 4 is 11.4 Å². The van der Waals surface area contributed by atoms with E-state index in [9.17, 15) is 10.1 Å². The Morgan fingerprint density at radius 2 is 1.91 bits per heavy atom. The molecule has 0 atom stereocenters. The topological polar surface area (TPSA) is 79.0 Å². The highest BCUT2D eigenvalue weighted by Gasteiger charge is 2.03. The van der Waals surface area contributed by atoms with Gasteiger partial charge in [0.2, 0.25) is 0 Å². The number of nitrogens with one attached hydrogen (secondary N) is 1. The third kappa shape index (κ3) is 4.60. The van der Waals surface area contributed by atoms with E-state index < -0.39 is 4.92 Å². The molecule has 22 heavy (non-hydrogen) atoms. The van der Waals surface area contributed by atoms with E-state index >= 15 is 0 Å². The molecule has 0 bridgehead atoms. The molecule has 2 aromatic rings. The Hall–Kier alpha value is -2.87. The summed E-state index contributed by atoms with van der Waals surface area (Å²) in [5.41, 5.74) is 2.86. The molecule has 5 nitrogen and oxygen atoms in total. The normalized spacial score (nSPS) is 9.95. The van der Waals surface area contributed by atoms with Gasteiger partial charge in [-0.3, -0.25) is 10.1 Å². The van der Waals surface area contributed by atoms with E-state index in [1.807, 2.05) is 18.2 Å². The van der Waals surface area contributed by atoms with Crippen LogP contribution < -0.4 is 5.32 Å². The lowest BCUT2D eigenvalue weighted by Gasteiger charge is -2.06. The van der Waals surface area contributed by atoms with Gasteiger partial charge in [-0.2, -0.15) is 5.26 Å². The first kappa shape index (κ1) is 15.5. The summed E-state index contributed by atoms with van der Waals surface area (Å²) in [6.07, 6.45) is 2.96. The van der Waals surface area contributed by atoms with Crippen LogP contribution >= 0.6 is 0 Å². The molecule has 112 valence electrons. The molecule has 1 N–H and O–H groups in total. The number of nitro benzene ring substituents is 1. The first-order valence-electron chi connectivity index (χ1n) is 7.16. The summed E-state index contributed by atoms with van der Waals surface area (Å²) in [5.74, 6) is 0. The number of benzene rings is 2. The summed E-state index contributed by atoms with van der Waals surface area (Å²) in [7, 11) is 0. The molecule has 5 heteroatoms. The lowest BCUT2D eigenvalue weighted by Crippen LogP contribution is -2.02. The monoisotopic (exact) mass is 295 g/mol. The number of hydrogen-bond acceptors (Lipinski definition) is 4. The highest BCUT2D eigenvalue weighted by molar-refractivity contribution is 5.48. The SMILES string of the molecule is N#Cc1cccc(CCCCNc2ccc([N+](=O)[O-])cc2)c1. The van der Waals surface area contributed by atoms with Crippen LogP contribution in [0.1, 0.15) is 24.0 Å². The number of hydrogen-bond donors (Lipinski definition) is 1. The second-order valence-corrected chi connectivity index (χ2v) is 5.00. The molecule has 0 unspecified atom stereocenters. The van der Waals surface area contributed by atoms with Crippen molar-refractivity contribution in [3.05, 3.63) is 69.8 Å². The van der Waals surface area contributed by atoms with Gasteiger partial charge in [0.25, 0.3) is 5.69 Å². The highest BCUT2D eigenvalue weighted by atomic mass is 16.6. The zero-order valence-electron chi connectivity index (χ0n) is 12.2. The molecule has 0 spiro atoms. The maximum atomic E-state index is 10.6. The van der Waals surface area contributed by atoms with Crippen molar-refractivity contribution in [3.63, 3.8) is 0 Å². The molecule has 0 saturated heterocycles. The van der Waals surface area contributed by atoms with Crippen molar-refractivity contribution in [1.29, 1.82) is 5.26 Å². The lowest BCUT2D eigenvalue weighted by molar-refractivity contribution is -0.384. The molecule has 0 aliphatic heterocycles. The number of aryl methyl sites for hydroxylation is 1. The molecule has 0 aliphatic carbocycles. The zero-order valence-corrected chi connectivity index (χ0v) is 12.2.